The van der Waals surface area contributed by atoms with E-state index in [-0.39, 0.29) is 11.7 Å². The van der Waals surface area contributed by atoms with Crippen LogP contribution >= 0.6 is 23.1 Å². The van der Waals surface area contributed by atoms with Crippen molar-refractivity contribution >= 4 is 44.4 Å². The predicted molar refractivity (Wildman–Crippen MR) is 117 cm³/mol. The van der Waals surface area contributed by atoms with Gasteiger partial charge in [0, 0.05) is 24.4 Å². The summed E-state index contributed by atoms with van der Waals surface area (Å²) < 4.78 is 14.3. The molecule has 3 rings (SSSR count). The Hall–Kier alpha value is -1.96. The van der Waals surface area contributed by atoms with Gasteiger partial charge >= 0.3 is 0 Å². The number of fused-ring (bicyclic) bond motifs is 1. The molecule has 0 saturated heterocycles. The van der Waals surface area contributed by atoms with Gasteiger partial charge in [-0.3, -0.25) is 9.69 Å². The van der Waals surface area contributed by atoms with Crippen LogP contribution in [0.25, 0.3) is 10.2 Å². The highest BCUT2D eigenvalue weighted by molar-refractivity contribution is 7.99. The van der Waals surface area contributed by atoms with Gasteiger partial charge < -0.3 is 4.90 Å². The number of benzene rings is 2. The molecule has 28 heavy (non-hydrogen) atoms. The Kier molecular flexibility index (Phi) is 7.42. The largest absolute Gasteiger partial charge is 0.308 e. The van der Waals surface area contributed by atoms with E-state index >= 15 is 0 Å². The lowest BCUT2D eigenvalue weighted by Gasteiger charge is -2.22. The Balaban J connectivity index is 1.64. The molecule has 0 N–H and O–H groups in total. The van der Waals surface area contributed by atoms with Crippen LogP contribution in [0.5, 0.6) is 0 Å². The molecule has 0 fully saturated rings. The zero-order valence-corrected chi connectivity index (χ0v) is 17.7. The number of amides is 1. The quantitative estimate of drug-likeness (QED) is 0.366. The molecule has 0 aliphatic carbocycles. The number of nitrogens with zero attached hydrogens (tertiary/aromatic N) is 3. The van der Waals surface area contributed by atoms with Crippen molar-refractivity contribution in [1.29, 1.82) is 0 Å². The third-order valence-corrected chi connectivity index (χ3v) is 6.33. The third-order valence-electron chi connectivity index (χ3n) is 4.19. The first kappa shape index (κ1) is 20.8. The molecule has 3 aromatic rings. The van der Waals surface area contributed by atoms with Crippen molar-refractivity contribution in [3.8, 4) is 0 Å². The van der Waals surface area contributed by atoms with Crippen molar-refractivity contribution < 1.29 is 9.18 Å². The fraction of sp³-hybridized carbons (Fsp3) is 0.333. The van der Waals surface area contributed by atoms with Crippen molar-refractivity contribution in [2.45, 2.75) is 17.7 Å². The summed E-state index contributed by atoms with van der Waals surface area (Å²) >= 11 is 3.13. The summed E-state index contributed by atoms with van der Waals surface area (Å²) in [6.07, 6.45) is 1.27. The Morgan fingerprint density at radius 1 is 1.14 bits per heavy atom. The number of carbonyl (C=O) groups excluding carboxylic acids is 1. The highest BCUT2D eigenvalue weighted by Crippen LogP contribution is 2.30. The first-order valence-corrected chi connectivity index (χ1v) is 11.0. The number of rotatable bonds is 9. The number of thioether (sulfide) groups is 1. The fourth-order valence-electron chi connectivity index (χ4n) is 2.69. The van der Waals surface area contributed by atoms with E-state index < -0.39 is 0 Å². The second-order valence-corrected chi connectivity index (χ2v) is 8.90. The van der Waals surface area contributed by atoms with Gasteiger partial charge in [-0.05, 0) is 56.6 Å². The van der Waals surface area contributed by atoms with E-state index in [1.54, 1.807) is 22.7 Å². The lowest BCUT2D eigenvalue weighted by molar-refractivity contribution is -0.118. The topological polar surface area (TPSA) is 36.4 Å². The van der Waals surface area contributed by atoms with Crippen LogP contribution in [0.1, 0.15) is 12.8 Å². The SMILES string of the molecule is CN(C)CCN(C(=O)CCCSc1ccccc1)c1nc2ccc(F)cc2s1. The van der Waals surface area contributed by atoms with Gasteiger partial charge in [0.05, 0.1) is 10.2 Å². The molecule has 0 aliphatic heterocycles. The van der Waals surface area contributed by atoms with E-state index in [0.717, 1.165) is 28.9 Å². The van der Waals surface area contributed by atoms with E-state index in [0.29, 0.717) is 18.1 Å². The molecule has 0 spiro atoms. The van der Waals surface area contributed by atoms with Crippen LogP contribution in [-0.4, -0.2) is 48.7 Å². The van der Waals surface area contributed by atoms with Crippen molar-refractivity contribution in [3.05, 3.63) is 54.3 Å². The molecule has 1 heterocycles. The van der Waals surface area contributed by atoms with Gasteiger partial charge in [-0.2, -0.15) is 0 Å². The molecule has 0 radical (unpaired) electrons. The lowest BCUT2D eigenvalue weighted by Crippen LogP contribution is -2.36. The average Bonchev–Trinajstić information content (AvgIpc) is 3.08. The number of halogens is 1. The van der Waals surface area contributed by atoms with Gasteiger partial charge in [0.15, 0.2) is 5.13 Å². The average molecular weight is 418 g/mol. The molecule has 4 nitrogen and oxygen atoms in total. The molecule has 7 heteroatoms. The van der Waals surface area contributed by atoms with Crippen molar-refractivity contribution in [2.75, 3.05) is 37.8 Å². The van der Waals surface area contributed by atoms with Gasteiger partial charge in [0.2, 0.25) is 5.91 Å². The molecule has 1 amide bonds. The highest BCUT2D eigenvalue weighted by Gasteiger charge is 2.19. The fourth-order valence-corrected chi connectivity index (χ4v) is 4.60. The number of hydrogen-bond acceptors (Lipinski definition) is 5. The maximum atomic E-state index is 13.5. The zero-order chi connectivity index (χ0) is 19.9. The summed E-state index contributed by atoms with van der Waals surface area (Å²) in [5.74, 6) is 0.671. The van der Waals surface area contributed by atoms with Crippen LogP contribution in [-0.2, 0) is 4.79 Å². The van der Waals surface area contributed by atoms with Crippen LogP contribution in [0.2, 0.25) is 0 Å². The van der Waals surface area contributed by atoms with Gasteiger partial charge in [0.25, 0.3) is 0 Å². The lowest BCUT2D eigenvalue weighted by atomic mass is 10.3. The Morgan fingerprint density at radius 3 is 2.68 bits per heavy atom. The number of aromatic nitrogens is 1. The van der Waals surface area contributed by atoms with Gasteiger partial charge in [-0.15, -0.1) is 11.8 Å². The highest BCUT2D eigenvalue weighted by atomic mass is 32.2. The van der Waals surface area contributed by atoms with Gasteiger partial charge in [-0.1, -0.05) is 29.5 Å². The summed E-state index contributed by atoms with van der Waals surface area (Å²) in [5, 5.41) is 0.642. The van der Waals surface area contributed by atoms with E-state index in [1.165, 1.54) is 28.4 Å². The summed E-state index contributed by atoms with van der Waals surface area (Å²) in [4.78, 5) is 22.5. The minimum Gasteiger partial charge on any atom is -0.308 e. The molecular formula is C21H24FN3OS2. The van der Waals surface area contributed by atoms with Crippen LogP contribution in [0.15, 0.2) is 53.4 Å². The maximum absolute atomic E-state index is 13.5. The number of thiazole rings is 1. The molecule has 0 aliphatic rings. The van der Waals surface area contributed by atoms with E-state index in [1.807, 2.05) is 37.2 Å². The second-order valence-electron chi connectivity index (χ2n) is 6.72. The van der Waals surface area contributed by atoms with Crippen LogP contribution in [0.3, 0.4) is 0 Å². The number of carbonyl (C=O) groups is 1. The Bertz CT molecular complexity index is 914. The number of anilines is 1. The summed E-state index contributed by atoms with van der Waals surface area (Å²) in [7, 11) is 3.96. The van der Waals surface area contributed by atoms with Crippen LogP contribution in [0, 0.1) is 5.82 Å². The zero-order valence-electron chi connectivity index (χ0n) is 16.1. The molecular weight excluding hydrogens is 393 g/mol. The minimum atomic E-state index is -0.285. The first-order chi connectivity index (χ1) is 13.5. The maximum Gasteiger partial charge on any atom is 0.228 e. The van der Waals surface area contributed by atoms with Crippen LogP contribution < -0.4 is 4.90 Å². The summed E-state index contributed by atoms with van der Waals surface area (Å²) in [5.41, 5.74) is 0.726. The van der Waals surface area contributed by atoms with Crippen molar-refractivity contribution in [2.24, 2.45) is 0 Å². The Morgan fingerprint density at radius 2 is 1.93 bits per heavy atom. The molecule has 0 atom stereocenters. The normalized spacial score (nSPS) is 11.3. The molecule has 0 bridgehead atoms. The first-order valence-electron chi connectivity index (χ1n) is 9.22. The van der Waals surface area contributed by atoms with Crippen molar-refractivity contribution in [1.82, 2.24) is 9.88 Å². The standard InChI is InChI=1S/C21H24FN3OS2/c1-24(2)12-13-25(21-23-18-11-10-16(22)15-19(18)28-21)20(26)9-6-14-27-17-7-4-3-5-8-17/h3-5,7-8,10-11,15H,6,9,12-14H2,1-2H3. The monoisotopic (exact) mass is 417 g/mol. The summed E-state index contributed by atoms with van der Waals surface area (Å²) in [6.45, 7) is 1.31. The predicted octanol–water partition coefficient (Wildman–Crippen LogP) is 4.90. The smallest absolute Gasteiger partial charge is 0.228 e. The van der Waals surface area contributed by atoms with Crippen molar-refractivity contribution in [3.63, 3.8) is 0 Å². The third kappa shape index (κ3) is 5.77. The molecule has 2 aromatic carbocycles. The van der Waals surface area contributed by atoms with E-state index in [4.69, 9.17) is 0 Å². The molecule has 148 valence electrons. The summed E-state index contributed by atoms with van der Waals surface area (Å²) in [6, 6.07) is 14.7. The van der Waals surface area contributed by atoms with Crippen LogP contribution in [0.4, 0.5) is 9.52 Å². The second kappa shape index (κ2) is 10.0. The molecule has 1 aromatic heterocycles. The minimum absolute atomic E-state index is 0.0649. The molecule has 0 saturated carbocycles. The number of likely N-dealkylation sites (N-methyl/N-ethyl adjacent to an activating group) is 1. The molecule has 0 unspecified atom stereocenters. The Labute approximate surface area is 173 Å². The van der Waals surface area contributed by atoms with Gasteiger partial charge in [-0.25, -0.2) is 9.37 Å². The number of hydrogen-bond donors (Lipinski definition) is 0. The van der Waals surface area contributed by atoms with E-state index in [9.17, 15) is 9.18 Å². The van der Waals surface area contributed by atoms with Gasteiger partial charge in [0.1, 0.15) is 5.82 Å². The van der Waals surface area contributed by atoms with E-state index in [2.05, 4.69) is 17.1 Å².